The SMILES string of the molecule is CCCCCCCC(F)S(=O)(=O)O.[BaH2]. The number of hydrogen-bond acceptors (Lipinski definition) is 2. The molecule has 1 unspecified atom stereocenters. The summed E-state index contributed by atoms with van der Waals surface area (Å²) >= 11 is 0. The van der Waals surface area contributed by atoms with Crippen molar-refractivity contribution >= 4 is 59.0 Å². The van der Waals surface area contributed by atoms with E-state index in [1.165, 1.54) is 0 Å². The zero-order valence-corrected chi connectivity index (χ0v) is 8.69. The zero-order chi connectivity index (χ0) is 10.3. The molecule has 0 aromatic heterocycles. The molecule has 1 atom stereocenters. The molecule has 0 heterocycles. The molecule has 0 aromatic rings. The summed E-state index contributed by atoms with van der Waals surface area (Å²) in [6.07, 6.45) is 4.42. The fraction of sp³-hybridized carbons (Fsp3) is 1.00. The van der Waals surface area contributed by atoms with Crippen LogP contribution in [0, 0.1) is 0 Å². The minimum atomic E-state index is -4.46. The zero-order valence-electron chi connectivity index (χ0n) is 7.87. The van der Waals surface area contributed by atoms with Gasteiger partial charge in [0.05, 0.1) is 0 Å². The molecular formula is C8H19BaFO3S. The summed E-state index contributed by atoms with van der Waals surface area (Å²) in [5.74, 6) is 0. The maximum absolute atomic E-state index is 12.6. The Morgan fingerprint density at radius 1 is 1.21 bits per heavy atom. The number of alkyl halides is 1. The van der Waals surface area contributed by atoms with Crippen LogP contribution in [-0.4, -0.2) is 67.4 Å². The fourth-order valence-electron chi connectivity index (χ4n) is 1.06. The first-order valence-corrected chi connectivity index (χ1v) is 6.09. The van der Waals surface area contributed by atoms with E-state index in [2.05, 4.69) is 6.92 Å². The molecule has 0 spiro atoms. The van der Waals surface area contributed by atoms with Gasteiger partial charge in [-0.3, -0.25) is 4.55 Å². The second kappa shape index (κ2) is 9.62. The molecule has 0 radical (unpaired) electrons. The van der Waals surface area contributed by atoms with Gasteiger partial charge in [0.25, 0.3) is 10.1 Å². The topological polar surface area (TPSA) is 54.4 Å². The molecule has 6 heteroatoms. The molecule has 0 aliphatic heterocycles. The van der Waals surface area contributed by atoms with Crippen molar-refractivity contribution in [1.29, 1.82) is 0 Å². The van der Waals surface area contributed by atoms with Crippen LogP contribution in [0.5, 0.6) is 0 Å². The predicted molar refractivity (Wildman–Crippen MR) is 58.4 cm³/mol. The van der Waals surface area contributed by atoms with E-state index in [4.69, 9.17) is 4.55 Å². The van der Waals surface area contributed by atoms with E-state index >= 15 is 0 Å². The summed E-state index contributed by atoms with van der Waals surface area (Å²) in [6, 6.07) is 0. The van der Waals surface area contributed by atoms with Crippen molar-refractivity contribution in [2.75, 3.05) is 0 Å². The average molecular weight is 352 g/mol. The molecule has 3 nitrogen and oxygen atoms in total. The molecule has 84 valence electrons. The van der Waals surface area contributed by atoms with Gasteiger partial charge in [-0.05, 0) is 12.8 Å². The van der Waals surface area contributed by atoms with E-state index in [1.54, 1.807) is 0 Å². The van der Waals surface area contributed by atoms with Crippen molar-refractivity contribution < 1.29 is 17.4 Å². The van der Waals surface area contributed by atoms with Gasteiger partial charge < -0.3 is 0 Å². The van der Waals surface area contributed by atoms with Gasteiger partial charge in [-0.2, -0.15) is 8.42 Å². The monoisotopic (exact) mass is 352 g/mol. The van der Waals surface area contributed by atoms with Gasteiger partial charge in [-0.1, -0.05) is 32.6 Å². The molecule has 0 aliphatic carbocycles. The van der Waals surface area contributed by atoms with E-state index in [0.29, 0.717) is 6.42 Å². The molecular weight excluding hydrogens is 332 g/mol. The van der Waals surface area contributed by atoms with Crippen molar-refractivity contribution in [2.24, 2.45) is 0 Å². The van der Waals surface area contributed by atoms with Crippen LogP contribution >= 0.6 is 0 Å². The summed E-state index contributed by atoms with van der Waals surface area (Å²) in [5.41, 5.74) is -2.10. The Morgan fingerprint density at radius 2 is 1.71 bits per heavy atom. The Labute approximate surface area is 126 Å². The van der Waals surface area contributed by atoms with Crippen LogP contribution in [0.1, 0.15) is 45.4 Å². The van der Waals surface area contributed by atoms with E-state index < -0.39 is 15.6 Å². The average Bonchev–Trinajstić information content (AvgIpc) is 2.02. The van der Waals surface area contributed by atoms with Gasteiger partial charge in [0.1, 0.15) is 0 Å². The third-order valence-corrected chi connectivity index (χ3v) is 2.74. The van der Waals surface area contributed by atoms with Crippen LogP contribution < -0.4 is 0 Å². The van der Waals surface area contributed by atoms with Crippen LogP contribution in [0.4, 0.5) is 4.39 Å². The van der Waals surface area contributed by atoms with E-state index in [0.717, 1.165) is 25.7 Å². The van der Waals surface area contributed by atoms with Gasteiger partial charge in [0.2, 0.25) is 5.50 Å². The van der Waals surface area contributed by atoms with Crippen LogP contribution in [-0.2, 0) is 10.1 Å². The standard InChI is InChI=1S/C8H17FO3S.Ba.2H/c1-2-3-4-5-6-7-8(9)13(10,11)12;;;/h8H,2-7H2,1H3,(H,10,11,12);;;. The van der Waals surface area contributed by atoms with Gasteiger partial charge in [-0.25, -0.2) is 4.39 Å². The number of halogens is 1. The molecule has 0 aliphatic rings. The molecule has 1 N–H and O–H groups in total. The van der Waals surface area contributed by atoms with E-state index in [1.807, 2.05) is 0 Å². The molecule has 14 heavy (non-hydrogen) atoms. The molecule has 0 rings (SSSR count). The van der Waals surface area contributed by atoms with Crippen LogP contribution in [0.3, 0.4) is 0 Å². The second-order valence-electron chi connectivity index (χ2n) is 3.13. The number of hydrogen-bond donors (Lipinski definition) is 1. The van der Waals surface area contributed by atoms with Crippen molar-refractivity contribution in [3.63, 3.8) is 0 Å². The Kier molecular flexibility index (Phi) is 12.2. The quantitative estimate of drug-likeness (QED) is 0.431. The molecule has 0 saturated carbocycles. The first kappa shape index (κ1) is 17.8. The normalized spacial score (nSPS) is 13.4. The summed E-state index contributed by atoms with van der Waals surface area (Å²) in [6.45, 7) is 2.07. The van der Waals surface area contributed by atoms with Crippen molar-refractivity contribution in [1.82, 2.24) is 0 Å². The van der Waals surface area contributed by atoms with Crippen molar-refractivity contribution in [3.05, 3.63) is 0 Å². The molecule has 0 aromatic carbocycles. The van der Waals surface area contributed by atoms with Gasteiger partial charge in [0, 0.05) is 0 Å². The maximum atomic E-state index is 12.6. The predicted octanol–water partition coefficient (Wildman–Crippen LogP) is 1.61. The van der Waals surface area contributed by atoms with Gasteiger partial charge in [0.15, 0.2) is 0 Å². The molecule has 0 fully saturated rings. The van der Waals surface area contributed by atoms with E-state index in [9.17, 15) is 12.8 Å². The van der Waals surface area contributed by atoms with Gasteiger partial charge >= 0.3 is 48.9 Å². The first-order chi connectivity index (χ1) is 5.98. The minimum absolute atomic E-state index is 0. The summed E-state index contributed by atoms with van der Waals surface area (Å²) in [5, 5.41) is 0. The third kappa shape index (κ3) is 9.95. The fourth-order valence-corrected chi connectivity index (χ4v) is 1.52. The van der Waals surface area contributed by atoms with Crippen molar-refractivity contribution in [2.45, 2.75) is 51.0 Å². The Bertz CT molecular complexity index is 219. The Balaban J connectivity index is 0. The van der Waals surface area contributed by atoms with Crippen LogP contribution in [0.25, 0.3) is 0 Å². The number of unbranched alkanes of at least 4 members (excludes halogenated alkanes) is 4. The van der Waals surface area contributed by atoms with Crippen LogP contribution in [0.15, 0.2) is 0 Å². The van der Waals surface area contributed by atoms with Crippen molar-refractivity contribution in [3.8, 4) is 0 Å². The van der Waals surface area contributed by atoms with Gasteiger partial charge in [-0.15, -0.1) is 0 Å². The summed E-state index contributed by atoms with van der Waals surface area (Å²) in [7, 11) is -4.46. The molecule has 0 amide bonds. The number of rotatable bonds is 7. The van der Waals surface area contributed by atoms with E-state index in [-0.39, 0.29) is 55.3 Å². The first-order valence-electron chi connectivity index (χ1n) is 4.59. The van der Waals surface area contributed by atoms with Crippen LogP contribution in [0.2, 0.25) is 0 Å². The molecule has 0 saturated heterocycles. The Hall–Kier alpha value is 1.41. The Morgan fingerprint density at radius 3 is 2.14 bits per heavy atom. The second-order valence-corrected chi connectivity index (χ2v) is 4.67. The summed E-state index contributed by atoms with van der Waals surface area (Å²) in [4.78, 5) is 0. The summed E-state index contributed by atoms with van der Waals surface area (Å²) < 4.78 is 41.3. The molecule has 0 bridgehead atoms. The third-order valence-electron chi connectivity index (χ3n) is 1.86.